The van der Waals surface area contributed by atoms with Crippen LogP contribution in [0.1, 0.15) is 19.8 Å². The lowest BCUT2D eigenvalue weighted by molar-refractivity contribution is 0.385. The molecule has 0 radical (unpaired) electrons. The number of hydrogen-bond donors (Lipinski definition) is 1. The minimum absolute atomic E-state index is 0.0213. The molecule has 0 amide bonds. The van der Waals surface area contributed by atoms with Gasteiger partial charge in [-0.1, -0.05) is 19.1 Å². The molecule has 1 N–H and O–H groups in total. The molecular weight excluding hydrogens is 431 g/mol. The normalized spacial score (nSPS) is 14.9. The SMILES string of the molecule is COc1ccc(S(=O)(=O)Nc2cccc(-c3ccc(N4CCC(C)CC4)nn3)c2)cc1F. The van der Waals surface area contributed by atoms with Crippen molar-refractivity contribution < 1.29 is 17.5 Å². The molecule has 7 nitrogen and oxygen atoms in total. The zero-order valence-corrected chi connectivity index (χ0v) is 18.8. The summed E-state index contributed by atoms with van der Waals surface area (Å²) in [6.45, 7) is 4.20. The predicted octanol–water partition coefficient (Wildman–Crippen LogP) is 4.33. The smallest absolute Gasteiger partial charge is 0.262 e. The van der Waals surface area contributed by atoms with Crippen molar-refractivity contribution >= 4 is 21.5 Å². The fourth-order valence-corrected chi connectivity index (χ4v) is 4.72. The predicted molar refractivity (Wildman–Crippen MR) is 122 cm³/mol. The topological polar surface area (TPSA) is 84.4 Å². The number of anilines is 2. The highest BCUT2D eigenvalue weighted by Gasteiger charge is 2.19. The Hall–Kier alpha value is -3.20. The Morgan fingerprint density at radius 1 is 1.06 bits per heavy atom. The summed E-state index contributed by atoms with van der Waals surface area (Å²) in [7, 11) is -2.66. The van der Waals surface area contributed by atoms with Crippen LogP contribution in [0.3, 0.4) is 0 Å². The number of sulfonamides is 1. The molecule has 0 saturated carbocycles. The number of ether oxygens (including phenoxy) is 1. The number of hydrogen-bond acceptors (Lipinski definition) is 6. The van der Waals surface area contributed by atoms with Crippen molar-refractivity contribution in [2.45, 2.75) is 24.7 Å². The molecule has 0 unspecified atom stereocenters. The van der Waals surface area contributed by atoms with Gasteiger partial charge < -0.3 is 9.64 Å². The third kappa shape index (κ3) is 4.83. The maximum absolute atomic E-state index is 14.0. The van der Waals surface area contributed by atoms with Crippen LogP contribution in [0.4, 0.5) is 15.9 Å². The van der Waals surface area contributed by atoms with E-state index in [-0.39, 0.29) is 10.6 Å². The van der Waals surface area contributed by atoms with Crippen molar-refractivity contribution in [2.75, 3.05) is 29.8 Å². The van der Waals surface area contributed by atoms with Gasteiger partial charge >= 0.3 is 0 Å². The van der Waals surface area contributed by atoms with E-state index in [4.69, 9.17) is 4.74 Å². The molecule has 2 heterocycles. The van der Waals surface area contributed by atoms with Gasteiger partial charge in [-0.3, -0.25) is 4.72 Å². The zero-order valence-electron chi connectivity index (χ0n) is 18.0. The molecule has 2 aromatic carbocycles. The number of nitrogens with zero attached hydrogens (tertiary/aromatic N) is 3. The Balaban J connectivity index is 1.51. The minimum atomic E-state index is -3.97. The van der Waals surface area contributed by atoms with Crippen LogP contribution in [-0.2, 0) is 10.0 Å². The summed E-state index contributed by atoms with van der Waals surface area (Å²) in [5.74, 6) is 0.813. The molecular formula is C23H25FN4O3S. The Kier molecular flexibility index (Phi) is 6.27. The molecule has 0 atom stereocenters. The van der Waals surface area contributed by atoms with Gasteiger partial charge in [-0.15, -0.1) is 10.2 Å². The lowest BCUT2D eigenvalue weighted by Gasteiger charge is -2.30. The fraction of sp³-hybridized carbons (Fsp3) is 0.304. The second-order valence-corrected chi connectivity index (χ2v) is 9.61. The van der Waals surface area contributed by atoms with E-state index in [1.54, 1.807) is 18.2 Å². The van der Waals surface area contributed by atoms with Crippen molar-refractivity contribution in [3.8, 4) is 17.0 Å². The van der Waals surface area contributed by atoms with Gasteiger partial charge in [-0.25, -0.2) is 12.8 Å². The Morgan fingerprint density at radius 2 is 1.84 bits per heavy atom. The lowest BCUT2D eigenvalue weighted by atomic mass is 9.99. The van der Waals surface area contributed by atoms with Crippen molar-refractivity contribution in [1.82, 2.24) is 10.2 Å². The van der Waals surface area contributed by atoms with Crippen LogP contribution in [0.25, 0.3) is 11.3 Å². The van der Waals surface area contributed by atoms with Crippen molar-refractivity contribution in [3.63, 3.8) is 0 Å². The summed E-state index contributed by atoms with van der Waals surface area (Å²) < 4.78 is 46.7. The zero-order chi connectivity index (χ0) is 22.7. The standard InChI is InChI=1S/C23H25FN4O3S/c1-16-10-12-28(13-11-16)23-9-7-21(25-26-23)17-4-3-5-18(14-17)27-32(29,30)19-6-8-22(31-2)20(24)15-19/h3-9,14-16,27H,10-13H2,1-2H3. The molecule has 0 spiro atoms. The number of halogens is 1. The number of nitrogens with one attached hydrogen (secondary N) is 1. The second kappa shape index (κ2) is 9.12. The third-order valence-electron chi connectivity index (χ3n) is 5.60. The number of aromatic nitrogens is 2. The summed E-state index contributed by atoms with van der Waals surface area (Å²) in [4.78, 5) is 2.04. The Morgan fingerprint density at radius 3 is 2.50 bits per heavy atom. The van der Waals surface area contributed by atoms with Crippen LogP contribution in [0, 0.1) is 11.7 Å². The summed E-state index contributed by atoms with van der Waals surface area (Å²) in [5.41, 5.74) is 1.70. The van der Waals surface area contributed by atoms with Crippen molar-refractivity contribution in [3.05, 3.63) is 60.4 Å². The summed E-state index contributed by atoms with van der Waals surface area (Å²) in [5, 5.41) is 8.70. The summed E-state index contributed by atoms with van der Waals surface area (Å²) in [6.07, 6.45) is 2.29. The maximum atomic E-state index is 14.0. The molecule has 1 aliphatic rings. The Bertz CT molecular complexity index is 1190. The van der Waals surface area contributed by atoms with Crippen LogP contribution in [0.2, 0.25) is 0 Å². The van der Waals surface area contributed by atoms with Crippen molar-refractivity contribution in [1.29, 1.82) is 0 Å². The van der Waals surface area contributed by atoms with Gasteiger partial charge in [0.05, 0.1) is 17.7 Å². The molecule has 1 fully saturated rings. The van der Waals surface area contributed by atoms with Crippen LogP contribution < -0.4 is 14.4 Å². The number of rotatable bonds is 6. The monoisotopic (exact) mass is 456 g/mol. The van der Waals surface area contributed by atoms with Crippen LogP contribution in [0.5, 0.6) is 5.75 Å². The molecule has 32 heavy (non-hydrogen) atoms. The molecule has 4 rings (SSSR count). The fourth-order valence-electron chi connectivity index (χ4n) is 3.66. The first-order valence-corrected chi connectivity index (χ1v) is 11.9. The molecule has 9 heteroatoms. The average Bonchev–Trinajstić information content (AvgIpc) is 2.79. The van der Waals surface area contributed by atoms with Gasteiger partial charge in [0.25, 0.3) is 10.0 Å². The van der Waals surface area contributed by atoms with E-state index in [1.165, 1.54) is 19.2 Å². The van der Waals surface area contributed by atoms with E-state index in [9.17, 15) is 12.8 Å². The third-order valence-corrected chi connectivity index (χ3v) is 6.98. The first-order chi connectivity index (χ1) is 15.4. The average molecular weight is 457 g/mol. The Labute approximate surface area is 187 Å². The molecule has 168 valence electrons. The highest BCUT2D eigenvalue weighted by molar-refractivity contribution is 7.92. The summed E-state index contributed by atoms with van der Waals surface area (Å²) >= 11 is 0. The van der Waals surface area contributed by atoms with E-state index in [1.807, 2.05) is 18.2 Å². The highest BCUT2D eigenvalue weighted by atomic mass is 32.2. The van der Waals surface area contributed by atoms with Gasteiger partial charge in [0.1, 0.15) is 0 Å². The van der Waals surface area contributed by atoms with Crippen LogP contribution >= 0.6 is 0 Å². The first kappa shape index (κ1) is 22.0. The number of benzene rings is 2. The quantitative estimate of drug-likeness (QED) is 0.594. The van der Waals surface area contributed by atoms with E-state index < -0.39 is 15.8 Å². The highest BCUT2D eigenvalue weighted by Crippen LogP contribution is 2.26. The van der Waals surface area contributed by atoms with E-state index in [0.717, 1.165) is 49.3 Å². The molecule has 0 aliphatic carbocycles. The van der Waals surface area contributed by atoms with Gasteiger partial charge in [0.2, 0.25) is 0 Å². The second-order valence-electron chi connectivity index (χ2n) is 7.93. The molecule has 1 saturated heterocycles. The van der Waals surface area contributed by atoms with Gasteiger partial charge in [-0.05, 0) is 61.2 Å². The molecule has 3 aromatic rings. The van der Waals surface area contributed by atoms with Crippen molar-refractivity contribution in [2.24, 2.45) is 5.92 Å². The lowest BCUT2D eigenvalue weighted by Crippen LogP contribution is -2.33. The minimum Gasteiger partial charge on any atom is -0.494 e. The first-order valence-electron chi connectivity index (χ1n) is 10.4. The molecule has 0 bridgehead atoms. The molecule has 1 aliphatic heterocycles. The number of methoxy groups -OCH3 is 1. The van der Waals surface area contributed by atoms with Crippen LogP contribution in [-0.4, -0.2) is 38.8 Å². The van der Waals surface area contributed by atoms with E-state index in [2.05, 4.69) is 26.7 Å². The number of piperidine rings is 1. The van der Waals surface area contributed by atoms with Crippen LogP contribution in [0.15, 0.2) is 59.5 Å². The van der Waals surface area contributed by atoms with Gasteiger partial charge in [-0.2, -0.15) is 0 Å². The van der Waals surface area contributed by atoms with Gasteiger partial charge in [0.15, 0.2) is 17.4 Å². The van der Waals surface area contributed by atoms with E-state index in [0.29, 0.717) is 11.4 Å². The molecule has 1 aromatic heterocycles. The summed E-state index contributed by atoms with van der Waals surface area (Å²) in [6, 6.07) is 14.2. The van der Waals surface area contributed by atoms with Gasteiger partial charge in [0, 0.05) is 24.3 Å². The largest absolute Gasteiger partial charge is 0.494 e. The van der Waals surface area contributed by atoms with E-state index >= 15 is 0 Å². The maximum Gasteiger partial charge on any atom is 0.262 e.